The lowest BCUT2D eigenvalue weighted by atomic mass is 10.4. The summed E-state index contributed by atoms with van der Waals surface area (Å²) in [6.45, 7) is 2.58. The molecule has 0 aliphatic heterocycles. The van der Waals surface area contributed by atoms with Gasteiger partial charge in [0.25, 0.3) is 0 Å². The summed E-state index contributed by atoms with van der Waals surface area (Å²) < 4.78 is 5.54. The summed E-state index contributed by atoms with van der Waals surface area (Å²) in [7, 11) is 1.95. The third-order valence-electron chi connectivity index (χ3n) is 2.47. The number of hydrogen-bond acceptors (Lipinski definition) is 6. The Labute approximate surface area is 110 Å². The summed E-state index contributed by atoms with van der Waals surface area (Å²) in [5, 5.41) is 0.674. The Morgan fingerprint density at radius 2 is 2.17 bits per heavy atom. The van der Waals surface area contributed by atoms with Gasteiger partial charge in [-0.05, 0) is 25.3 Å². The van der Waals surface area contributed by atoms with E-state index in [1.54, 1.807) is 6.07 Å². The molecule has 2 aromatic heterocycles. The van der Waals surface area contributed by atoms with Gasteiger partial charge in [-0.15, -0.1) is 0 Å². The molecule has 2 N–H and O–H groups in total. The molecule has 0 fully saturated rings. The number of aromatic nitrogens is 2. The minimum atomic E-state index is 0.479. The van der Waals surface area contributed by atoms with Crippen molar-refractivity contribution in [2.75, 3.05) is 23.9 Å². The van der Waals surface area contributed by atoms with E-state index in [-0.39, 0.29) is 0 Å². The predicted molar refractivity (Wildman–Crippen MR) is 73.8 cm³/mol. The molecule has 2 rings (SSSR count). The van der Waals surface area contributed by atoms with Crippen molar-refractivity contribution in [1.29, 1.82) is 0 Å². The van der Waals surface area contributed by atoms with Crippen LogP contribution in [-0.2, 0) is 6.54 Å². The number of anilines is 2. The number of nitrogen functional groups attached to an aromatic ring is 1. The van der Waals surface area contributed by atoms with Crippen molar-refractivity contribution in [3.8, 4) is 0 Å². The molecule has 2 aromatic rings. The van der Waals surface area contributed by atoms with Crippen molar-refractivity contribution >= 4 is 23.4 Å². The Hall–Kier alpha value is -1.69. The molecule has 0 aliphatic carbocycles. The molecule has 0 saturated heterocycles. The van der Waals surface area contributed by atoms with Crippen LogP contribution in [0.3, 0.4) is 0 Å². The predicted octanol–water partition coefficient (Wildman–Crippen LogP) is 2.32. The van der Waals surface area contributed by atoms with Crippen molar-refractivity contribution in [2.45, 2.75) is 18.6 Å². The maximum atomic E-state index is 5.76. The van der Waals surface area contributed by atoms with E-state index in [4.69, 9.17) is 10.2 Å². The first-order valence-corrected chi connectivity index (χ1v) is 6.76. The third-order valence-corrected chi connectivity index (χ3v) is 3.02. The van der Waals surface area contributed by atoms with Gasteiger partial charge in [-0.3, -0.25) is 0 Å². The SMILES string of the molecule is CSc1nc(N)cc(N(C)Cc2ccc(C)o2)n1. The lowest BCUT2D eigenvalue weighted by Crippen LogP contribution is -2.18. The summed E-state index contributed by atoms with van der Waals surface area (Å²) in [6, 6.07) is 5.67. The van der Waals surface area contributed by atoms with Gasteiger partial charge in [0.05, 0.1) is 6.54 Å². The Balaban J connectivity index is 2.17. The second-order valence-electron chi connectivity index (χ2n) is 4.01. The molecule has 0 aliphatic rings. The number of furan rings is 1. The molecule has 18 heavy (non-hydrogen) atoms. The zero-order chi connectivity index (χ0) is 13.1. The van der Waals surface area contributed by atoms with Crippen LogP contribution in [0, 0.1) is 6.92 Å². The second-order valence-corrected chi connectivity index (χ2v) is 4.78. The van der Waals surface area contributed by atoms with Crippen molar-refractivity contribution in [3.05, 3.63) is 29.7 Å². The van der Waals surface area contributed by atoms with E-state index in [0.717, 1.165) is 17.3 Å². The van der Waals surface area contributed by atoms with Gasteiger partial charge in [0.2, 0.25) is 0 Å². The Morgan fingerprint density at radius 3 is 2.78 bits per heavy atom. The van der Waals surface area contributed by atoms with E-state index in [1.165, 1.54) is 11.8 Å². The van der Waals surface area contributed by atoms with Crippen molar-refractivity contribution in [2.24, 2.45) is 0 Å². The molecular formula is C12H16N4OS. The zero-order valence-electron chi connectivity index (χ0n) is 10.7. The Bertz CT molecular complexity index is 541. The quantitative estimate of drug-likeness (QED) is 0.675. The topological polar surface area (TPSA) is 68.2 Å². The fourth-order valence-electron chi connectivity index (χ4n) is 1.60. The van der Waals surface area contributed by atoms with Crippen LogP contribution >= 0.6 is 11.8 Å². The van der Waals surface area contributed by atoms with Crippen molar-refractivity contribution in [3.63, 3.8) is 0 Å². The fraction of sp³-hybridized carbons (Fsp3) is 0.333. The van der Waals surface area contributed by atoms with E-state index >= 15 is 0 Å². The molecule has 5 nitrogen and oxygen atoms in total. The Kier molecular flexibility index (Phi) is 3.76. The van der Waals surface area contributed by atoms with Crippen LogP contribution < -0.4 is 10.6 Å². The molecule has 0 aromatic carbocycles. The maximum absolute atomic E-state index is 5.76. The molecule has 96 valence electrons. The first-order valence-electron chi connectivity index (χ1n) is 5.53. The van der Waals surface area contributed by atoms with Crippen LogP contribution in [0.25, 0.3) is 0 Å². The number of aryl methyl sites for hydroxylation is 1. The largest absolute Gasteiger partial charge is 0.464 e. The summed E-state index contributed by atoms with van der Waals surface area (Å²) >= 11 is 1.47. The van der Waals surface area contributed by atoms with E-state index in [9.17, 15) is 0 Å². The fourth-order valence-corrected chi connectivity index (χ4v) is 1.98. The molecule has 6 heteroatoms. The molecule has 0 spiro atoms. The van der Waals surface area contributed by atoms with Gasteiger partial charge >= 0.3 is 0 Å². The Morgan fingerprint density at radius 1 is 1.39 bits per heavy atom. The van der Waals surface area contributed by atoms with Crippen LogP contribution in [0.1, 0.15) is 11.5 Å². The first-order chi connectivity index (χ1) is 8.58. The van der Waals surface area contributed by atoms with Gasteiger partial charge in [-0.25, -0.2) is 9.97 Å². The van der Waals surface area contributed by atoms with Crippen LogP contribution in [0.2, 0.25) is 0 Å². The molecular weight excluding hydrogens is 248 g/mol. The number of nitrogens with zero attached hydrogens (tertiary/aromatic N) is 3. The normalized spacial score (nSPS) is 10.6. The molecule has 0 unspecified atom stereocenters. The highest BCUT2D eigenvalue weighted by Crippen LogP contribution is 2.19. The summed E-state index contributed by atoms with van der Waals surface area (Å²) in [5.41, 5.74) is 5.76. The monoisotopic (exact) mass is 264 g/mol. The van der Waals surface area contributed by atoms with Gasteiger partial charge in [0.1, 0.15) is 23.2 Å². The van der Waals surface area contributed by atoms with Gasteiger partial charge in [0, 0.05) is 13.1 Å². The molecule has 0 bridgehead atoms. The van der Waals surface area contributed by atoms with Gasteiger partial charge < -0.3 is 15.1 Å². The van der Waals surface area contributed by atoms with Crippen molar-refractivity contribution in [1.82, 2.24) is 9.97 Å². The van der Waals surface area contributed by atoms with E-state index < -0.39 is 0 Å². The number of nitrogens with two attached hydrogens (primary N) is 1. The highest BCUT2D eigenvalue weighted by molar-refractivity contribution is 7.98. The van der Waals surface area contributed by atoms with Crippen LogP contribution in [0.4, 0.5) is 11.6 Å². The van der Waals surface area contributed by atoms with Crippen LogP contribution in [0.5, 0.6) is 0 Å². The lowest BCUT2D eigenvalue weighted by Gasteiger charge is -2.17. The van der Waals surface area contributed by atoms with Crippen molar-refractivity contribution < 1.29 is 4.42 Å². The average molecular weight is 264 g/mol. The highest BCUT2D eigenvalue weighted by Gasteiger charge is 2.09. The zero-order valence-corrected chi connectivity index (χ0v) is 11.5. The minimum absolute atomic E-state index is 0.479. The lowest BCUT2D eigenvalue weighted by molar-refractivity contribution is 0.481. The number of rotatable bonds is 4. The second kappa shape index (κ2) is 5.30. The van der Waals surface area contributed by atoms with Gasteiger partial charge in [-0.1, -0.05) is 11.8 Å². The smallest absolute Gasteiger partial charge is 0.191 e. The third kappa shape index (κ3) is 2.95. The molecule has 0 atom stereocenters. The molecule has 0 radical (unpaired) electrons. The van der Waals surface area contributed by atoms with Crippen LogP contribution in [-0.4, -0.2) is 23.3 Å². The van der Waals surface area contributed by atoms with E-state index in [0.29, 0.717) is 17.5 Å². The van der Waals surface area contributed by atoms with E-state index in [1.807, 2.05) is 37.3 Å². The highest BCUT2D eigenvalue weighted by atomic mass is 32.2. The number of hydrogen-bond donors (Lipinski definition) is 1. The van der Waals surface area contributed by atoms with Gasteiger partial charge in [0.15, 0.2) is 5.16 Å². The van der Waals surface area contributed by atoms with E-state index in [2.05, 4.69) is 9.97 Å². The minimum Gasteiger partial charge on any atom is -0.464 e. The summed E-state index contributed by atoms with van der Waals surface area (Å²) in [4.78, 5) is 10.5. The summed E-state index contributed by atoms with van der Waals surface area (Å²) in [5.74, 6) is 3.08. The first kappa shape index (κ1) is 12.8. The summed E-state index contributed by atoms with van der Waals surface area (Å²) in [6.07, 6.45) is 1.93. The maximum Gasteiger partial charge on any atom is 0.191 e. The average Bonchev–Trinajstić information content (AvgIpc) is 2.73. The van der Waals surface area contributed by atoms with Crippen LogP contribution in [0.15, 0.2) is 27.8 Å². The molecule has 2 heterocycles. The number of thioether (sulfide) groups is 1. The molecule has 0 saturated carbocycles. The van der Waals surface area contributed by atoms with Gasteiger partial charge in [-0.2, -0.15) is 0 Å². The molecule has 0 amide bonds. The standard InChI is InChI=1S/C12H16N4OS/c1-8-4-5-9(17-8)7-16(2)11-6-10(13)14-12(15-11)18-3/h4-6H,7H2,1-3H3,(H2,13,14,15).